The average molecular weight is 250 g/mol. The number of aryl methyl sites for hydroxylation is 1. The molecule has 3 N–H and O–H groups in total. The quantitative estimate of drug-likeness (QED) is 0.562. The lowest BCUT2D eigenvalue weighted by molar-refractivity contribution is -0.145. The number of benzene rings is 1. The minimum absolute atomic E-state index is 0.0322. The van der Waals surface area contributed by atoms with Gasteiger partial charge in [0.2, 0.25) is 0 Å². The molecule has 0 amide bonds. The zero-order chi connectivity index (χ0) is 13.1. The number of ether oxygens (including phenoxy) is 1. The highest BCUT2D eigenvalue weighted by Gasteiger charge is 2.21. The highest BCUT2D eigenvalue weighted by molar-refractivity contribution is 5.83. The Kier molecular flexibility index (Phi) is 3.41. The maximum absolute atomic E-state index is 11.1. The molecule has 0 fully saturated rings. The van der Waals surface area contributed by atoms with Crippen LogP contribution in [0, 0.1) is 0 Å². The van der Waals surface area contributed by atoms with Crippen molar-refractivity contribution in [1.29, 1.82) is 0 Å². The summed E-state index contributed by atoms with van der Waals surface area (Å²) in [6.07, 6.45) is 2.17. The zero-order valence-electron chi connectivity index (χ0n) is 9.67. The average Bonchev–Trinajstić information content (AvgIpc) is 2.29. The van der Waals surface area contributed by atoms with Crippen LogP contribution in [0.15, 0.2) is 30.0 Å². The third-order valence-corrected chi connectivity index (χ3v) is 2.80. The van der Waals surface area contributed by atoms with Crippen molar-refractivity contribution < 1.29 is 24.9 Å². The summed E-state index contributed by atoms with van der Waals surface area (Å²) in [4.78, 5) is 11.1. The fraction of sp³-hybridized carbons (Fsp3) is 0.308. The van der Waals surface area contributed by atoms with E-state index < -0.39 is 5.97 Å². The van der Waals surface area contributed by atoms with Crippen molar-refractivity contribution in [3.8, 4) is 11.5 Å². The first-order chi connectivity index (χ1) is 8.54. The fourth-order valence-corrected chi connectivity index (χ4v) is 1.88. The molecule has 1 aromatic rings. The monoisotopic (exact) mass is 250 g/mol. The van der Waals surface area contributed by atoms with Crippen LogP contribution in [0.3, 0.4) is 0 Å². The molecule has 96 valence electrons. The number of rotatable bonds is 3. The van der Waals surface area contributed by atoms with Gasteiger partial charge >= 0.3 is 5.97 Å². The molecule has 1 aliphatic heterocycles. The van der Waals surface area contributed by atoms with E-state index in [1.54, 1.807) is 6.07 Å². The molecular weight excluding hydrogens is 236 g/mol. The molecule has 0 aliphatic carbocycles. The molecular formula is C13H14O5. The van der Waals surface area contributed by atoms with Gasteiger partial charge < -0.3 is 20.1 Å². The van der Waals surface area contributed by atoms with Gasteiger partial charge in [-0.05, 0) is 30.5 Å². The van der Waals surface area contributed by atoms with Crippen LogP contribution in [0.5, 0.6) is 11.5 Å². The molecule has 1 heterocycles. The SMILES string of the molecule is O=C1C=C(O)CC(CCc2ccc(O)c(O)c2)O1. The Morgan fingerprint density at radius 2 is 2.00 bits per heavy atom. The van der Waals surface area contributed by atoms with E-state index in [1.165, 1.54) is 12.1 Å². The van der Waals surface area contributed by atoms with E-state index in [9.17, 15) is 20.1 Å². The molecule has 0 saturated carbocycles. The van der Waals surface area contributed by atoms with E-state index in [0.717, 1.165) is 11.6 Å². The second-order valence-electron chi connectivity index (χ2n) is 4.26. The van der Waals surface area contributed by atoms with Gasteiger partial charge in [-0.25, -0.2) is 4.79 Å². The van der Waals surface area contributed by atoms with Gasteiger partial charge in [0.25, 0.3) is 0 Å². The zero-order valence-corrected chi connectivity index (χ0v) is 9.67. The number of phenolic OH excluding ortho intramolecular Hbond substituents is 2. The number of esters is 1. The number of carbonyl (C=O) groups excluding carboxylic acids is 1. The van der Waals surface area contributed by atoms with Gasteiger partial charge in [-0.2, -0.15) is 0 Å². The Labute approximate surface area is 104 Å². The van der Waals surface area contributed by atoms with Crippen LogP contribution in [-0.2, 0) is 16.0 Å². The lowest BCUT2D eigenvalue weighted by Crippen LogP contribution is -2.23. The number of hydrogen-bond donors (Lipinski definition) is 3. The topological polar surface area (TPSA) is 87.0 Å². The Balaban J connectivity index is 1.94. The van der Waals surface area contributed by atoms with Crippen LogP contribution in [0.2, 0.25) is 0 Å². The van der Waals surface area contributed by atoms with Crippen molar-refractivity contribution in [2.45, 2.75) is 25.4 Å². The third kappa shape index (κ3) is 2.94. The van der Waals surface area contributed by atoms with Gasteiger partial charge in [-0.1, -0.05) is 6.07 Å². The molecule has 0 radical (unpaired) electrons. The predicted molar refractivity (Wildman–Crippen MR) is 63.3 cm³/mol. The van der Waals surface area contributed by atoms with Gasteiger partial charge in [0.1, 0.15) is 11.9 Å². The van der Waals surface area contributed by atoms with Gasteiger partial charge in [0.05, 0.1) is 6.08 Å². The summed E-state index contributed by atoms with van der Waals surface area (Å²) in [5.41, 5.74) is 0.829. The van der Waals surface area contributed by atoms with Crippen molar-refractivity contribution in [2.24, 2.45) is 0 Å². The highest BCUT2D eigenvalue weighted by atomic mass is 16.5. The summed E-state index contributed by atoms with van der Waals surface area (Å²) in [5, 5.41) is 27.8. The van der Waals surface area contributed by atoms with E-state index in [0.29, 0.717) is 19.3 Å². The standard InChI is InChI=1S/C13H14O5/c14-9-6-10(18-13(17)7-9)3-1-8-2-4-11(15)12(16)5-8/h2,4-5,7,10,14-16H,1,3,6H2. The van der Waals surface area contributed by atoms with Crippen molar-refractivity contribution in [2.75, 3.05) is 0 Å². The number of cyclic esters (lactones) is 1. The van der Waals surface area contributed by atoms with E-state index in [4.69, 9.17) is 4.74 Å². The Bertz CT molecular complexity index is 492. The second-order valence-corrected chi connectivity index (χ2v) is 4.26. The lowest BCUT2D eigenvalue weighted by atomic mass is 10.0. The molecule has 0 bridgehead atoms. The number of aliphatic hydroxyl groups is 1. The predicted octanol–water partition coefficient (Wildman–Crippen LogP) is 1.79. The van der Waals surface area contributed by atoms with E-state index in [2.05, 4.69) is 0 Å². The van der Waals surface area contributed by atoms with Crippen molar-refractivity contribution in [1.82, 2.24) is 0 Å². The van der Waals surface area contributed by atoms with Crippen molar-refractivity contribution in [3.63, 3.8) is 0 Å². The summed E-state index contributed by atoms with van der Waals surface area (Å²) in [7, 11) is 0. The maximum atomic E-state index is 11.1. The van der Waals surface area contributed by atoms with Gasteiger partial charge in [-0.15, -0.1) is 0 Å². The third-order valence-electron chi connectivity index (χ3n) is 2.80. The summed E-state index contributed by atoms with van der Waals surface area (Å²) >= 11 is 0. The van der Waals surface area contributed by atoms with Gasteiger partial charge in [0, 0.05) is 6.42 Å². The first-order valence-electron chi connectivity index (χ1n) is 5.65. The van der Waals surface area contributed by atoms with Crippen LogP contribution >= 0.6 is 0 Å². The molecule has 0 spiro atoms. The Morgan fingerprint density at radius 1 is 1.22 bits per heavy atom. The minimum Gasteiger partial charge on any atom is -0.512 e. The molecule has 18 heavy (non-hydrogen) atoms. The number of hydrogen-bond acceptors (Lipinski definition) is 5. The van der Waals surface area contributed by atoms with Crippen LogP contribution < -0.4 is 0 Å². The Hall–Kier alpha value is -2.17. The first kappa shape index (κ1) is 12.3. The molecule has 1 atom stereocenters. The van der Waals surface area contributed by atoms with E-state index in [1.807, 2.05) is 0 Å². The summed E-state index contributed by atoms with van der Waals surface area (Å²) in [6.45, 7) is 0. The normalized spacial score (nSPS) is 19.2. The minimum atomic E-state index is -0.530. The van der Waals surface area contributed by atoms with Gasteiger partial charge in [0.15, 0.2) is 11.5 Å². The highest BCUT2D eigenvalue weighted by Crippen LogP contribution is 2.26. The molecule has 0 saturated heterocycles. The summed E-state index contributed by atoms with van der Waals surface area (Å²) in [6, 6.07) is 4.57. The first-order valence-corrected chi connectivity index (χ1v) is 5.65. The molecule has 5 nitrogen and oxygen atoms in total. The maximum Gasteiger partial charge on any atom is 0.334 e. The van der Waals surface area contributed by atoms with Crippen molar-refractivity contribution >= 4 is 5.97 Å². The van der Waals surface area contributed by atoms with Crippen LogP contribution in [0.25, 0.3) is 0 Å². The van der Waals surface area contributed by atoms with Gasteiger partial charge in [-0.3, -0.25) is 0 Å². The summed E-state index contributed by atoms with van der Waals surface area (Å²) in [5.74, 6) is -0.832. The number of phenols is 2. The molecule has 2 rings (SSSR count). The molecule has 1 aromatic carbocycles. The fourth-order valence-electron chi connectivity index (χ4n) is 1.88. The number of aliphatic hydroxyl groups excluding tert-OH is 1. The van der Waals surface area contributed by atoms with E-state index in [-0.39, 0.29) is 23.4 Å². The largest absolute Gasteiger partial charge is 0.512 e. The lowest BCUT2D eigenvalue weighted by Gasteiger charge is -2.20. The smallest absolute Gasteiger partial charge is 0.334 e. The summed E-state index contributed by atoms with van der Waals surface area (Å²) < 4.78 is 5.05. The van der Waals surface area contributed by atoms with Crippen LogP contribution in [-0.4, -0.2) is 27.4 Å². The Morgan fingerprint density at radius 3 is 2.67 bits per heavy atom. The van der Waals surface area contributed by atoms with Crippen LogP contribution in [0.1, 0.15) is 18.4 Å². The molecule has 0 aromatic heterocycles. The molecule has 1 aliphatic rings. The van der Waals surface area contributed by atoms with Crippen LogP contribution in [0.4, 0.5) is 0 Å². The number of aromatic hydroxyl groups is 2. The number of carbonyl (C=O) groups is 1. The molecule has 1 unspecified atom stereocenters. The molecule has 5 heteroatoms. The second kappa shape index (κ2) is 5.00. The van der Waals surface area contributed by atoms with E-state index >= 15 is 0 Å². The van der Waals surface area contributed by atoms with Crippen molar-refractivity contribution in [3.05, 3.63) is 35.6 Å².